The van der Waals surface area contributed by atoms with Crippen molar-refractivity contribution >= 4 is 23.7 Å². The van der Waals surface area contributed by atoms with Gasteiger partial charge in [-0.25, -0.2) is 0 Å². The number of carbonyl (C=O) groups excluding carboxylic acids is 4. The molecule has 29 heavy (non-hydrogen) atoms. The molecule has 0 bridgehead atoms. The van der Waals surface area contributed by atoms with Crippen LogP contribution in [-0.2, 0) is 30.5 Å². The van der Waals surface area contributed by atoms with Crippen LogP contribution in [0, 0.1) is 18.8 Å². The number of fused-ring (bicyclic) bond motifs is 1. The highest BCUT2D eigenvalue weighted by atomic mass is 16.5. The first kappa shape index (κ1) is 20.8. The molecular weight excluding hydrogens is 372 g/mol. The SMILES string of the molecule is Cc1ccc(CNC(=O)[C@@H](C)OC(=O)CCN2C(=O)[C@H]3CC=CC[C@H]3C2=O)cc1. The molecule has 1 heterocycles. The van der Waals surface area contributed by atoms with Crippen LogP contribution in [0.3, 0.4) is 0 Å². The largest absolute Gasteiger partial charge is 0.452 e. The van der Waals surface area contributed by atoms with Crippen LogP contribution in [0.4, 0.5) is 0 Å². The average Bonchev–Trinajstić information content (AvgIpc) is 2.96. The fraction of sp³-hybridized carbons (Fsp3) is 0.455. The van der Waals surface area contributed by atoms with Crippen molar-refractivity contribution in [1.29, 1.82) is 0 Å². The fourth-order valence-electron chi connectivity index (χ4n) is 3.64. The van der Waals surface area contributed by atoms with Crippen LogP contribution in [0.1, 0.15) is 37.3 Å². The minimum atomic E-state index is -0.954. The molecule has 1 aromatic rings. The zero-order valence-corrected chi connectivity index (χ0v) is 16.7. The molecule has 7 nitrogen and oxygen atoms in total. The second kappa shape index (κ2) is 9.03. The van der Waals surface area contributed by atoms with Crippen molar-refractivity contribution in [3.05, 3.63) is 47.5 Å². The van der Waals surface area contributed by atoms with Crippen molar-refractivity contribution in [2.45, 2.75) is 45.8 Å². The van der Waals surface area contributed by atoms with Gasteiger partial charge in [-0.2, -0.15) is 0 Å². The van der Waals surface area contributed by atoms with Crippen molar-refractivity contribution in [1.82, 2.24) is 10.2 Å². The van der Waals surface area contributed by atoms with E-state index in [1.807, 2.05) is 43.3 Å². The molecule has 3 amide bonds. The van der Waals surface area contributed by atoms with E-state index < -0.39 is 18.0 Å². The number of imide groups is 1. The number of benzene rings is 1. The second-order valence-electron chi connectivity index (χ2n) is 7.57. The molecule has 0 unspecified atom stereocenters. The van der Waals surface area contributed by atoms with Gasteiger partial charge in [-0.3, -0.25) is 24.1 Å². The van der Waals surface area contributed by atoms with Crippen LogP contribution in [0.2, 0.25) is 0 Å². The zero-order chi connectivity index (χ0) is 21.0. The molecule has 0 saturated carbocycles. The number of hydrogen-bond donors (Lipinski definition) is 1. The van der Waals surface area contributed by atoms with Crippen molar-refractivity contribution in [2.75, 3.05) is 6.54 Å². The average molecular weight is 398 g/mol. The first-order valence-corrected chi connectivity index (χ1v) is 9.89. The summed E-state index contributed by atoms with van der Waals surface area (Å²) in [5.74, 6) is -2.08. The Hall–Kier alpha value is -2.96. The third kappa shape index (κ3) is 4.91. The number of aryl methyl sites for hydroxylation is 1. The molecule has 3 atom stereocenters. The lowest BCUT2D eigenvalue weighted by Crippen LogP contribution is -2.37. The monoisotopic (exact) mass is 398 g/mol. The summed E-state index contributed by atoms with van der Waals surface area (Å²) < 4.78 is 5.16. The van der Waals surface area contributed by atoms with Crippen molar-refractivity contribution in [3.63, 3.8) is 0 Å². The Kier molecular flexibility index (Phi) is 6.46. The van der Waals surface area contributed by atoms with E-state index in [4.69, 9.17) is 4.74 Å². The Balaban J connectivity index is 1.43. The van der Waals surface area contributed by atoms with E-state index >= 15 is 0 Å². The van der Waals surface area contributed by atoms with E-state index in [9.17, 15) is 19.2 Å². The Morgan fingerprint density at radius 1 is 1.10 bits per heavy atom. The van der Waals surface area contributed by atoms with Crippen LogP contribution >= 0.6 is 0 Å². The lowest BCUT2D eigenvalue weighted by atomic mass is 9.85. The molecule has 1 aliphatic heterocycles. The summed E-state index contributed by atoms with van der Waals surface area (Å²) in [5.41, 5.74) is 2.08. The molecule has 1 aromatic carbocycles. The first-order chi connectivity index (χ1) is 13.9. The summed E-state index contributed by atoms with van der Waals surface area (Å²) in [4.78, 5) is 50.2. The summed E-state index contributed by atoms with van der Waals surface area (Å²) in [5, 5.41) is 2.73. The third-order valence-electron chi connectivity index (χ3n) is 5.40. The highest BCUT2D eigenvalue weighted by Gasteiger charge is 2.47. The number of nitrogens with one attached hydrogen (secondary N) is 1. The molecule has 7 heteroatoms. The van der Waals surface area contributed by atoms with Crippen LogP contribution in [0.25, 0.3) is 0 Å². The number of nitrogens with zero attached hydrogens (tertiary/aromatic N) is 1. The molecule has 1 saturated heterocycles. The number of esters is 1. The van der Waals surface area contributed by atoms with Gasteiger partial charge in [-0.1, -0.05) is 42.0 Å². The van der Waals surface area contributed by atoms with Gasteiger partial charge >= 0.3 is 5.97 Å². The van der Waals surface area contributed by atoms with Gasteiger partial charge in [0, 0.05) is 13.1 Å². The number of carbonyl (C=O) groups is 4. The van der Waals surface area contributed by atoms with E-state index in [1.165, 1.54) is 6.92 Å². The van der Waals surface area contributed by atoms with Crippen molar-refractivity contribution in [3.8, 4) is 0 Å². The van der Waals surface area contributed by atoms with Gasteiger partial charge in [-0.05, 0) is 32.3 Å². The highest BCUT2D eigenvalue weighted by Crippen LogP contribution is 2.35. The standard InChI is InChI=1S/C22H26N2O5/c1-14-7-9-16(10-8-14)13-23-20(26)15(2)29-19(25)11-12-24-21(27)17-5-3-4-6-18(17)22(24)28/h3-4,7-10,15,17-18H,5-6,11-13H2,1-2H3,(H,23,26)/t15-,17-,18+/m1/s1. The van der Waals surface area contributed by atoms with Crippen LogP contribution < -0.4 is 5.32 Å². The molecule has 0 aromatic heterocycles. The lowest BCUT2D eigenvalue weighted by molar-refractivity contribution is -0.155. The Morgan fingerprint density at radius 3 is 2.28 bits per heavy atom. The van der Waals surface area contributed by atoms with Gasteiger partial charge in [-0.15, -0.1) is 0 Å². The summed E-state index contributed by atoms with van der Waals surface area (Å²) in [6.45, 7) is 3.81. The number of allylic oxidation sites excluding steroid dienone is 2. The predicted octanol–water partition coefficient (Wildman–Crippen LogP) is 1.88. The van der Waals surface area contributed by atoms with Gasteiger partial charge in [0.05, 0.1) is 18.3 Å². The highest BCUT2D eigenvalue weighted by molar-refractivity contribution is 6.05. The molecule has 2 aliphatic rings. The predicted molar refractivity (Wildman–Crippen MR) is 105 cm³/mol. The van der Waals surface area contributed by atoms with E-state index in [0.717, 1.165) is 16.0 Å². The van der Waals surface area contributed by atoms with Crippen LogP contribution in [-0.4, -0.2) is 41.2 Å². The first-order valence-electron chi connectivity index (χ1n) is 9.89. The zero-order valence-electron chi connectivity index (χ0n) is 16.7. The topological polar surface area (TPSA) is 92.8 Å². The maximum Gasteiger partial charge on any atom is 0.308 e. The smallest absolute Gasteiger partial charge is 0.308 e. The van der Waals surface area contributed by atoms with E-state index in [-0.39, 0.29) is 36.6 Å². The summed E-state index contributed by atoms with van der Waals surface area (Å²) in [7, 11) is 0. The summed E-state index contributed by atoms with van der Waals surface area (Å²) >= 11 is 0. The van der Waals surface area contributed by atoms with Crippen molar-refractivity contribution < 1.29 is 23.9 Å². The molecule has 1 aliphatic carbocycles. The number of ether oxygens (including phenoxy) is 1. The molecule has 1 fully saturated rings. The fourth-order valence-corrected chi connectivity index (χ4v) is 3.64. The summed E-state index contributed by atoms with van der Waals surface area (Å²) in [6.07, 6.45) is 3.88. The van der Waals surface area contributed by atoms with Gasteiger partial charge in [0.25, 0.3) is 5.91 Å². The van der Waals surface area contributed by atoms with Gasteiger partial charge in [0.1, 0.15) is 0 Å². The maximum absolute atomic E-state index is 12.4. The molecule has 1 N–H and O–H groups in total. The Bertz CT molecular complexity index is 804. The third-order valence-corrected chi connectivity index (χ3v) is 5.40. The van der Waals surface area contributed by atoms with Crippen LogP contribution in [0.15, 0.2) is 36.4 Å². The molecular formula is C22H26N2O5. The van der Waals surface area contributed by atoms with E-state index in [0.29, 0.717) is 19.4 Å². The quantitative estimate of drug-likeness (QED) is 0.430. The normalized spacial score (nSPS) is 21.7. The minimum absolute atomic E-state index is 0.0127. The number of rotatable bonds is 7. The molecule has 154 valence electrons. The van der Waals surface area contributed by atoms with E-state index in [2.05, 4.69) is 5.32 Å². The second-order valence-corrected chi connectivity index (χ2v) is 7.57. The summed E-state index contributed by atoms with van der Waals surface area (Å²) in [6, 6.07) is 7.75. The Morgan fingerprint density at radius 2 is 1.69 bits per heavy atom. The number of amides is 3. The Labute approximate surface area is 170 Å². The molecule has 0 radical (unpaired) electrons. The number of hydrogen-bond acceptors (Lipinski definition) is 5. The van der Waals surface area contributed by atoms with Gasteiger partial charge in [0.2, 0.25) is 11.8 Å². The van der Waals surface area contributed by atoms with Gasteiger partial charge < -0.3 is 10.1 Å². The molecule has 0 spiro atoms. The lowest BCUT2D eigenvalue weighted by Gasteiger charge is -2.16. The number of likely N-dealkylation sites (tertiary alicyclic amines) is 1. The van der Waals surface area contributed by atoms with Gasteiger partial charge in [0.15, 0.2) is 6.10 Å². The molecule has 3 rings (SSSR count). The minimum Gasteiger partial charge on any atom is -0.452 e. The van der Waals surface area contributed by atoms with Crippen molar-refractivity contribution in [2.24, 2.45) is 11.8 Å². The maximum atomic E-state index is 12.4. The van der Waals surface area contributed by atoms with E-state index in [1.54, 1.807) is 0 Å². The van der Waals surface area contributed by atoms with Crippen LogP contribution in [0.5, 0.6) is 0 Å².